The van der Waals surface area contributed by atoms with Gasteiger partial charge in [0, 0.05) is 18.4 Å². The standard InChI is InChI=1S/C10H18N4/c1-7(11)6-9-12-10(14-13-9)8-4-2-3-5-8/h7-8H,2-6,11H2,1H3,(H,12,13,14). The molecule has 0 aliphatic heterocycles. The topological polar surface area (TPSA) is 67.6 Å². The summed E-state index contributed by atoms with van der Waals surface area (Å²) in [6.45, 7) is 1.98. The van der Waals surface area contributed by atoms with Gasteiger partial charge in [-0.15, -0.1) is 0 Å². The lowest BCUT2D eigenvalue weighted by atomic mass is 10.1. The molecule has 1 aliphatic carbocycles. The van der Waals surface area contributed by atoms with Crippen molar-refractivity contribution in [3.05, 3.63) is 11.6 Å². The zero-order chi connectivity index (χ0) is 9.97. The van der Waals surface area contributed by atoms with Gasteiger partial charge in [0.1, 0.15) is 5.82 Å². The fourth-order valence-electron chi connectivity index (χ4n) is 2.07. The van der Waals surface area contributed by atoms with Crippen molar-refractivity contribution in [1.82, 2.24) is 15.2 Å². The summed E-state index contributed by atoms with van der Waals surface area (Å²) in [5.74, 6) is 2.52. The van der Waals surface area contributed by atoms with Crippen LogP contribution in [-0.2, 0) is 6.42 Å². The van der Waals surface area contributed by atoms with E-state index in [0.717, 1.165) is 18.1 Å². The Hall–Kier alpha value is -0.900. The predicted octanol–water partition coefficient (Wildman–Crippen LogP) is 1.35. The van der Waals surface area contributed by atoms with Crippen LogP contribution in [0.15, 0.2) is 0 Å². The van der Waals surface area contributed by atoms with Crippen molar-refractivity contribution in [1.29, 1.82) is 0 Å². The van der Waals surface area contributed by atoms with Gasteiger partial charge in [-0.05, 0) is 19.8 Å². The first kappa shape index (κ1) is 9.65. The molecule has 0 amide bonds. The summed E-state index contributed by atoms with van der Waals surface area (Å²) in [6, 6.07) is 0.152. The summed E-state index contributed by atoms with van der Waals surface area (Å²) in [5.41, 5.74) is 5.70. The SMILES string of the molecule is CC(N)Cc1nc(C2CCCC2)n[nH]1. The summed E-state index contributed by atoms with van der Waals surface area (Å²) in [4.78, 5) is 4.49. The number of H-pyrrole nitrogens is 1. The van der Waals surface area contributed by atoms with E-state index in [1.165, 1.54) is 25.7 Å². The van der Waals surface area contributed by atoms with Crippen LogP contribution in [0.1, 0.15) is 50.2 Å². The van der Waals surface area contributed by atoms with Crippen LogP contribution in [0.2, 0.25) is 0 Å². The van der Waals surface area contributed by atoms with E-state index in [-0.39, 0.29) is 6.04 Å². The Kier molecular flexibility index (Phi) is 2.82. The number of nitrogens with zero attached hydrogens (tertiary/aromatic N) is 2. The van der Waals surface area contributed by atoms with Gasteiger partial charge >= 0.3 is 0 Å². The average molecular weight is 194 g/mol. The molecule has 1 unspecified atom stereocenters. The first-order valence-electron chi connectivity index (χ1n) is 5.42. The maximum absolute atomic E-state index is 5.70. The number of nitrogens with one attached hydrogen (secondary N) is 1. The summed E-state index contributed by atoms with van der Waals surface area (Å²) >= 11 is 0. The van der Waals surface area contributed by atoms with Gasteiger partial charge in [0.05, 0.1) is 0 Å². The zero-order valence-electron chi connectivity index (χ0n) is 8.66. The van der Waals surface area contributed by atoms with Crippen molar-refractivity contribution in [3.63, 3.8) is 0 Å². The summed E-state index contributed by atoms with van der Waals surface area (Å²) in [7, 11) is 0. The van der Waals surface area contributed by atoms with Gasteiger partial charge < -0.3 is 5.73 Å². The fraction of sp³-hybridized carbons (Fsp3) is 0.800. The predicted molar refractivity (Wildman–Crippen MR) is 54.9 cm³/mol. The van der Waals surface area contributed by atoms with E-state index in [1.54, 1.807) is 0 Å². The molecule has 4 nitrogen and oxygen atoms in total. The Morgan fingerprint density at radius 1 is 1.50 bits per heavy atom. The Bertz CT molecular complexity index is 286. The van der Waals surface area contributed by atoms with E-state index < -0.39 is 0 Å². The summed E-state index contributed by atoms with van der Waals surface area (Å²) in [6.07, 6.45) is 5.92. The number of aromatic nitrogens is 3. The molecule has 14 heavy (non-hydrogen) atoms. The van der Waals surface area contributed by atoms with E-state index in [0.29, 0.717) is 5.92 Å². The molecule has 4 heteroatoms. The van der Waals surface area contributed by atoms with Crippen LogP contribution in [0.5, 0.6) is 0 Å². The van der Waals surface area contributed by atoms with Crippen molar-refractivity contribution in [3.8, 4) is 0 Å². The normalized spacial score (nSPS) is 20.1. The average Bonchev–Trinajstić information content (AvgIpc) is 2.69. The van der Waals surface area contributed by atoms with Crippen molar-refractivity contribution in [2.45, 2.75) is 51.0 Å². The molecule has 1 atom stereocenters. The van der Waals surface area contributed by atoms with Gasteiger partial charge in [-0.25, -0.2) is 4.98 Å². The highest BCUT2D eigenvalue weighted by Gasteiger charge is 2.21. The maximum atomic E-state index is 5.70. The molecule has 0 bridgehead atoms. The molecular weight excluding hydrogens is 176 g/mol. The molecule has 1 aromatic heterocycles. The number of aromatic amines is 1. The number of hydrogen-bond acceptors (Lipinski definition) is 3. The third-order valence-corrected chi connectivity index (χ3v) is 2.78. The van der Waals surface area contributed by atoms with E-state index >= 15 is 0 Å². The van der Waals surface area contributed by atoms with Crippen molar-refractivity contribution < 1.29 is 0 Å². The second-order valence-electron chi connectivity index (χ2n) is 4.30. The van der Waals surface area contributed by atoms with E-state index in [1.807, 2.05) is 6.92 Å². The van der Waals surface area contributed by atoms with Crippen LogP contribution in [0.25, 0.3) is 0 Å². The third kappa shape index (κ3) is 2.12. The minimum atomic E-state index is 0.152. The number of hydrogen-bond donors (Lipinski definition) is 2. The number of rotatable bonds is 3. The van der Waals surface area contributed by atoms with Crippen molar-refractivity contribution in [2.24, 2.45) is 5.73 Å². The summed E-state index contributed by atoms with van der Waals surface area (Å²) < 4.78 is 0. The molecule has 2 rings (SSSR count). The van der Waals surface area contributed by atoms with E-state index in [9.17, 15) is 0 Å². The molecule has 0 aromatic carbocycles. The molecule has 3 N–H and O–H groups in total. The second kappa shape index (κ2) is 4.09. The molecule has 0 spiro atoms. The smallest absolute Gasteiger partial charge is 0.153 e. The highest BCUT2D eigenvalue weighted by Crippen LogP contribution is 2.31. The molecule has 1 heterocycles. The van der Waals surface area contributed by atoms with Gasteiger partial charge in [-0.1, -0.05) is 12.8 Å². The largest absolute Gasteiger partial charge is 0.328 e. The highest BCUT2D eigenvalue weighted by molar-refractivity contribution is 5.00. The minimum Gasteiger partial charge on any atom is -0.328 e. The molecule has 1 saturated carbocycles. The van der Waals surface area contributed by atoms with Crippen LogP contribution in [0, 0.1) is 0 Å². The number of nitrogens with two attached hydrogens (primary N) is 1. The Balaban J connectivity index is 2.01. The first-order chi connectivity index (χ1) is 6.75. The van der Waals surface area contributed by atoms with E-state index in [4.69, 9.17) is 5.73 Å². The van der Waals surface area contributed by atoms with Crippen LogP contribution in [-0.4, -0.2) is 21.2 Å². The highest BCUT2D eigenvalue weighted by atomic mass is 15.2. The Morgan fingerprint density at radius 2 is 2.21 bits per heavy atom. The second-order valence-corrected chi connectivity index (χ2v) is 4.30. The lowest BCUT2D eigenvalue weighted by molar-refractivity contribution is 0.669. The summed E-state index contributed by atoms with van der Waals surface area (Å²) in [5, 5.41) is 7.23. The van der Waals surface area contributed by atoms with Crippen molar-refractivity contribution >= 4 is 0 Å². The molecule has 0 radical (unpaired) electrons. The van der Waals surface area contributed by atoms with Gasteiger partial charge in [0.15, 0.2) is 5.82 Å². The lowest BCUT2D eigenvalue weighted by Crippen LogP contribution is -2.18. The van der Waals surface area contributed by atoms with Gasteiger partial charge in [0.2, 0.25) is 0 Å². The van der Waals surface area contributed by atoms with Crippen LogP contribution in [0.4, 0.5) is 0 Å². The van der Waals surface area contributed by atoms with Crippen LogP contribution in [0.3, 0.4) is 0 Å². The fourth-order valence-corrected chi connectivity index (χ4v) is 2.07. The molecule has 0 saturated heterocycles. The Labute approximate surface area is 84.3 Å². The molecule has 78 valence electrons. The molecule has 1 aliphatic rings. The zero-order valence-corrected chi connectivity index (χ0v) is 8.66. The third-order valence-electron chi connectivity index (χ3n) is 2.78. The van der Waals surface area contributed by atoms with Gasteiger partial charge in [0.25, 0.3) is 0 Å². The monoisotopic (exact) mass is 194 g/mol. The quantitative estimate of drug-likeness (QED) is 0.763. The van der Waals surface area contributed by atoms with Gasteiger partial charge in [-0.3, -0.25) is 5.10 Å². The minimum absolute atomic E-state index is 0.152. The van der Waals surface area contributed by atoms with E-state index in [2.05, 4.69) is 15.2 Å². The van der Waals surface area contributed by atoms with Gasteiger partial charge in [-0.2, -0.15) is 5.10 Å². The Morgan fingerprint density at radius 3 is 2.86 bits per heavy atom. The van der Waals surface area contributed by atoms with Crippen LogP contribution >= 0.6 is 0 Å². The maximum Gasteiger partial charge on any atom is 0.153 e. The first-order valence-corrected chi connectivity index (χ1v) is 5.42. The van der Waals surface area contributed by atoms with Crippen molar-refractivity contribution in [2.75, 3.05) is 0 Å². The molecule has 1 aromatic rings. The lowest BCUT2D eigenvalue weighted by Gasteiger charge is -2.01. The van der Waals surface area contributed by atoms with Crippen LogP contribution < -0.4 is 5.73 Å². The molecule has 1 fully saturated rings. The molecular formula is C10H18N4.